The lowest BCUT2D eigenvalue weighted by Gasteiger charge is -2.30. The first kappa shape index (κ1) is 19.5. The molecular formula is C23H27N3O3. The molecule has 2 fully saturated rings. The SMILES string of the molecule is Cc1ccc(N2CC(C(=O)Nc3ccccc3N3CCOCC3)CC2=O)c(C)c1. The van der Waals surface area contributed by atoms with E-state index in [1.807, 2.05) is 50.2 Å². The summed E-state index contributed by atoms with van der Waals surface area (Å²) in [7, 11) is 0. The fraction of sp³-hybridized carbons (Fsp3) is 0.391. The van der Waals surface area contributed by atoms with Crippen LogP contribution >= 0.6 is 0 Å². The van der Waals surface area contributed by atoms with Crippen LogP contribution in [0.15, 0.2) is 42.5 Å². The number of morpholine rings is 1. The fourth-order valence-corrected chi connectivity index (χ4v) is 4.12. The zero-order valence-electron chi connectivity index (χ0n) is 17.0. The first-order valence-electron chi connectivity index (χ1n) is 10.1. The van der Waals surface area contributed by atoms with Crippen LogP contribution in [-0.2, 0) is 14.3 Å². The van der Waals surface area contributed by atoms with E-state index in [0.717, 1.165) is 41.3 Å². The van der Waals surface area contributed by atoms with Gasteiger partial charge in [0.15, 0.2) is 0 Å². The summed E-state index contributed by atoms with van der Waals surface area (Å²) in [6.45, 7) is 7.42. The van der Waals surface area contributed by atoms with Crippen molar-refractivity contribution < 1.29 is 14.3 Å². The van der Waals surface area contributed by atoms with Crippen LogP contribution in [0, 0.1) is 19.8 Å². The van der Waals surface area contributed by atoms with Gasteiger partial charge in [0.05, 0.1) is 30.5 Å². The molecule has 29 heavy (non-hydrogen) atoms. The Bertz CT molecular complexity index is 921. The van der Waals surface area contributed by atoms with Gasteiger partial charge < -0.3 is 19.9 Å². The van der Waals surface area contributed by atoms with E-state index in [4.69, 9.17) is 4.74 Å². The van der Waals surface area contributed by atoms with Crippen LogP contribution in [-0.4, -0.2) is 44.7 Å². The van der Waals surface area contributed by atoms with Gasteiger partial charge in [0.25, 0.3) is 0 Å². The summed E-state index contributed by atoms with van der Waals surface area (Å²) >= 11 is 0. The first-order valence-corrected chi connectivity index (χ1v) is 10.1. The molecule has 152 valence electrons. The van der Waals surface area contributed by atoms with Gasteiger partial charge in [-0.25, -0.2) is 0 Å². The molecule has 0 aliphatic carbocycles. The predicted molar refractivity (Wildman–Crippen MR) is 114 cm³/mol. The summed E-state index contributed by atoms with van der Waals surface area (Å²) in [5, 5.41) is 3.07. The molecule has 0 bridgehead atoms. The summed E-state index contributed by atoms with van der Waals surface area (Å²) in [5.74, 6) is -0.467. The van der Waals surface area contributed by atoms with E-state index < -0.39 is 0 Å². The van der Waals surface area contributed by atoms with Crippen LogP contribution in [0.3, 0.4) is 0 Å². The number of nitrogens with zero attached hydrogens (tertiary/aromatic N) is 2. The number of nitrogens with one attached hydrogen (secondary N) is 1. The number of hydrogen-bond donors (Lipinski definition) is 1. The van der Waals surface area contributed by atoms with Crippen LogP contribution in [0.25, 0.3) is 0 Å². The second kappa shape index (κ2) is 8.25. The van der Waals surface area contributed by atoms with Gasteiger partial charge in [0, 0.05) is 31.7 Å². The lowest BCUT2D eigenvalue weighted by atomic mass is 10.1. The van der Waals surface area contributed by atoms with E-state index in [1.54, 1.807) is 4.90 Å². The van der Waals surface area contributed by atoms with E-state index in [0.29, 0.717) is 19.8 Å². The maximum Gasteiger partial charge on any atom is 0.229 e. The predicted octanol–water partition coefficient (Wildman–Crippen LogP) is 3.13. The summed E-state index contributed by atoms with van der Waals surface area (Å²) in [6, 6.07) is 13.9. The van der Waals surface area contributed by atoms with Gasteiger partial charge in [-0.2, -0.15) is 0 Å². The van der Waals surface area contributed by atoms with Crippen molar-refractivity contribution in [2.75, 3.05) is 48.0 Å². The Hall–Kier alpha value is -2.86. The minimum atomic E-state index is -0.360. The maximum atomic E-state index is 13.0. The van der Waals surface area contributed by atoms with Crippen LogP contribution in [0.5, 0.6) is 0 Å². The molecule has 6 heteroatoms. The summed E-state index contributed by atoms with van der Waals surface area (Å²) < 4.78 is 5.43. The number of carbonyl (C=O) groups excluding carboxylic acids is 2. The second-order valence-electron chi connectivity index (χ2n) is 7.80. The number of carbonyl (C=O) groups is 2. The van der Waals surface area contributed by atoms with Crippen molar-refractivity contribution in [1.29, 1.82) is 0 Å². The summed E-state index contributed by atoms with van der Waals surface area (Å²) in [4.78, 5) is 29.6. The Morgan fingerprint density at radius 2 is 1.83 bits per heavy atom. The third-order valence-corrected chi connectivity index (χ3v) is 5.65. The molecule has 1 N–H and O–H groups in total. The molecule has 1 atom stereocenters. The largest absolute Gasteiger partial charge is 0.378 e. The van der Waals surface area contributed by atoms with Gasteiger partial charge in [-0.05, 0) is 37.6 Å². The van der Waals surface area contributed by atoms with Crippen molar-refractivity contribution in [1.82, 2.24) is 0 Å². The quantitative estimate of drug-likeness (QED) is 0.867. The highest BCUT2D eigenvalue weighted by atomic mass is 16.5. The van der Waals surface area contributed by atoms with Crippen LogP contribution in [0.4, 0.5) is 17.1 Å². The molecular weight excluding hydrogens is 366 g/mol. The molecule has 2 amide bonds. The standard InChI is InChI=1S/C23H27N3O3/c1-16-7-8-20(17(2)13-16)26-15-18(14-22(26)27)23(28)24-19-5-3-4-6-21(19)25-9-11-29-12-10-25/h3-8,13,18H,9-12,14-15H2,1-2H3,(H,24,28). The number of aryl methyl sites for hydroxylation is 2. The molecule has 2 heterocycles. The van der Waals surface area contributed by atoms with Gasteiger partial charge in [-0.3, -0.25) is 9.59 Å². The fourth-order valence-electron chi connectivity index (χ4n) is 4.12. The smallest absolute Gasteiger partial charge is 0.229 e. The highest BCUT2D eigenvalue weighted by molar-refractivity contribution is 6.04. The van der Waals surface area contributed by atoms with E-state index in [1.165, 1.54) is 0 Å². The monoisotopic (exact) mass is 393 g/mol. The molecule has 2 aliphatic heterocycles. The Balaban J connectivity index is 1.48. The molecule has 2 aromatic rings. The van der Waals surface area contributed by atoms with E-state index >= 15 is 0 Å². The number of benzene rings is 2. The topological polar surface area (TPSA) is 61.9 Å². The molecule has 2 saturated heterocycles. The van der Waals surface area contributed by atoms with Crippen molar-refractivity contribution in [2.45, 2.75) is 20.3 Å². The third kappa shape index (κ3) is 4.12. The van der Waals surface area contributed by atoms with E-state index in [-0.39, 0.29) is 24.2 Å². The van der Waals surface area contributed by atoms with E-state index in [9.17, 15) is 9.59 Å². The molecule has 0 aromatic heterocycles. The zero-order chi connectivity index (χ0) is 20.4. The zero-order valence-corrected chi connectivity index (χ0v) is 17.0. The Morgan fingerprint density at radius 3 is 2.59 bits per heavy atom. The van der Waals surface area contributed by atoms with Gasteiger partial charge in [-0.15, -0.1) is 0 Å². The highest BCUT2D eigenvalue weighted by Gasteiger charge is 2.36. The highest BCUT2D eigenvalue weighted by Crippen LogP contribution is 2.31. The molecule has 6 nitrogen and oxygen atoms in total. The van der Waals surface area contributed by atoms with Crippen molar-refractivity contribution in [3.8, 4) is 0 Å². The van der Waals surface area contributed by atoms with Gasteiger partial charge in [0.1, 0.15) is 0 Å². The maximum absolute atomic E-state index is 13.0. The number of rotatable bonds is 4. The summed E-state index contributed by atoms with van der Waals surface area (Å²) in [5.41, 5.74) is 4.89. The molecule has 2 aromatic carbocycles. The lowest BCUT2D eigenvalue weighted by Crippen LogP contribution is -2.37. The normalized spacial score (nSPS) is 19.5. The summed E-state index contributed by atoms with van der Waals surface area (Å²) in [6.07, 6.45) is 0.235. The van der Waals surface area contributed by atoms with Gasteiger partial charge in [-0.1, -0.05) is 29.8 Å². The number of anilines is 3. The van der Waals surface area contributed by atoms with Crippen molar-refractivity contribution >= 4 is 28.9 Å². The average molecular weight is 393 g/mol. The second-order valence-corrected chi connectivity index (χ2v) is 7.80. The number of para-hydroxylation sites is 2. The molecule has 0 spiro atoms. The van der Waals surface area contributed by atoms with E-state index in [2.05, 4.69) is 16.3 Å². The Kier molecular flexibility index (Phi) is 5.53. The third-order valence-electron chi connectivity index (χ3n) is 5.65. The molecule has 1 unspecified atom stereocenters. The molecule has 0 saturated carbocycles. The Morgan fingerprint density at radius 1 is 1.07 bits per heavy atom. The molecule has 2 aliphatic rings. The number of amides is 2. The van der Waals surface area contributed by atoms with Gasteiger partial charge in [0.2, 0.25) is 11.8 Å². The Labute approximate surface area is 171 Å². The van der Waals surface area contributed by atoms with Crippen LogP contribution in [0.1, 0.15) is 17.5 Å². The van der Waals surface area contributed by atoms with Crippen LogP contribution in [0.2, 0.25) is 0 Å². The molecule has 4 rings (SSSR count). The van der Waals surface area contributed by atoms with Crippen molar-refractivity contribution in [3.05, 3.63) is 53.6 Å². The van der Waals surface area contributed by atoms with Crippen molar-refractivity contribution in [3.63, 3.8) is 0 Å². The van der Waals surface area contributed by atoms with Gasteiger partial charge >= 0.3 is 0 Å². The van der Waals surface area contributed by atoms with Crippen LogP contribution < -0.4 is 15.1 Å². The molecule has 0 radical (unpaired) electrons. The number of ether oxygens (including phenoxy) is 1. The lowest BCUT2D eigenvalue weighted by molar-refractivity contribution is -0.122. The average Bonchev–Trinajstić information content (AvgIpc) is 3.11. The minimum absolute atomic E-state index is 0.00133. The van der Waals surface area contributed by atoms with Crippen molar-refractivity contribution in [2.24, 2.45) is 5.92 Å². The number of hydrogen-bond acceptors (Lipinski definition) is 4. The minimum Gasteiger partial charge on any atom is -0.378 e. The first-order chi connectivity index (χ1) is 14.0.